The summed E-state index contributed by atoms with van der Waals surface area (Å²) < 4.78 is 72.8. The minimum absolute atomic E-state index is 0.0323. The first-order chi connectivity index (χ1) is 54.0. The largest absolute Gasteiger partial charge is 0.490 e. The summed E-state index contributed by atoms with van der Waals surface area (Å²) >= 11 is 13.0. The van der Waals surface area contributed by atoms with Gasteiger partial charge in [-0.15, -0.1) is 0 Å². The molecule has 113 heavy (non-hydrogen) atoms. The van der Waals surface area contributed by atoms with Crippen molar-refractivity contribution in [2.45, 2.75) is 188 Å². The van der Waals surface area contributed by atoms with E-state index in [4.69, 9.17) is 32.7 Å². The van der Waals surface area contributed by atoms with Crippen molar-refractivity contribution in [3.8, 4) is 11.5 Å². The zero-order valence-corrected chi connectivity index (χ0v) is 70.1. The minimum Gasteiger partial charge on any atom is -0.490 e. The molecule has 12 aliphatic rings. The van der Waals surface area contributed by atoms with Gasteiger partial charge in [-0.25, -0.2) is 26.3 Å². The lowest BCUT2D eigenvalue weighted by molar-refractivity contribution is -0.132. The molecule has 4 aromatic rings. The van der Waals surface area contributed by atoms with Crippen LogP contribution in [0.1, 0.15) is 174 Å². The van der Waals surface area contributed by atoms with E-state index in [1.54, 1.807) is 39.0 Å². The lowest BCUT2D eigenvalue weighted by atomic mass is 9.62. The predicted octanol–water partition coefficient (Wildman–Crippen LogP) is 9.97. The summed E-state index contributed by atoms with van der Waals surface area (Å²) in [5.74, 6) is 0.399. The fraction of sp³-hybridized carbons (Fsp3) is 0.655. The van der Waals surface area contributed by atoms with E-state index >= 15 is 0 Å². The molecule has 4 bridgehead atoms. The van der Waals surface area contributed by atoms with Gasteiger partial charge in [0, 0.05) is 175 Å². The summed E-state index contributed by atoms with van der Waals surface area (Å²) in [5, 5.41) is 26.0. The zero-order valence-electron chi connectivity index (χ0n) is 67.0. The van der Waals surface area contributed by atoms with Gasteiger partial charge in [0.1, 0.15) is 17.3 Å². The van der Waals surface area contributed by atoms with Crippen molar-refractivity contribution >= 4 is 78.1 Å². The number of anilines is 2. The molecule has 1 unspecified atom stereocenters. The maximum atomic E-state index is 13.7. The third-order valence-electron chi connectivity index (χ3n) is 29.2. The molecule has 3 amide bonds. The second-order valence-electron chi connectivity index (χ2n) is 36.4. The number of β-amino-alcohol motifs (C(OH)–C–C–N with tert-alkyl or cyclic N) is 2. The Morgan fingerprint density at radius 3 is 1.43 bits per heavy atom. The maximum absolute atomic E-state index is 13.7. The van der Waals surface area contributed by atoms with Crippen LogP contribution in [0.2, 0.25) is 10.0 Å². The van der Waals surface area contributed by atoms with E-state index in [1.165, 1.54) is 28.3 Å². The highest BCUT2D eigenvalue weighted by Crippen LogP contribution is 2.53. The van der Waals surface area contributed by atoms with Gasteiger partial charge in [0.2, 0.25) is 26.0 Å². The van der Waals surface area contributed by atoms with Crippen LogP contribution in [0.15, 0.2) is 85.5 Å². The summed E-state index contributed by atoms with van der Waals surface area (Å²) in [6.45, 7) is 28.6. The highest BCUT2D eigenvalue weighted by molar-refractivity contribution is 7.91. The van der Waals surface area contributed by atoms with E-state index in [2.05, 4.69) is 74.6 Å². The number of amides is 3. The Kier molecular flexibility index (Phi) is 24.4. The number of ketones is 1. The number of rotatable bonds is 8. The van der Waals surface area contributed by atoms with Gasteiger partial charge in [0.15, 0.2) is 0 Å². The molecule has 0 radical (unpaired) electrons. The summed E-state index contributed by atoms with van der Waals surface area (Å²) in [6, 6.07) is 23.6. The molecule has 2 spiro atoms. The number of hydrogen-bond donors (Lipinski definition) is 4. The Bertz CT molecular complexity index is 4460. The number of carbonyl (C=O) groups is 4. The van der Waals surface area contributed by atoms with Crippen molar-refractivity contribution < 1.29 is 55.7 Å². The molecule has 16 rings (SSSR count). The number of benzene rings is 4. The number of nitrogens with zero attached hydrogens (tertiary/aromatic N) is 8. The van der Waals surface area contributed by atoms with Gasteiger partial charge in [-0.2, -0.15) is 0 Å². The number of Topliss-reactive ketones (excluding diaryl/α,β-unsaturated/α-hetero) is 1. The van der Waals surface area contributed by atoms with Gasteiger partial charge < -0.3 is 39.3 Å². The maximum Gasteiger partial charge on any atom is 0.264 e. The highest BCUT2D eigenvalue weighted by Gasteiger charge is 2.53. The van der Waals surface area contributed by atoms with E-state index in [0.29, 0.717) is 128 Å². The lowest BCUT2D eigenvalue weighted by Gasteiger charge is -2.53. The SMILES string of the molecule is C=CC(=O)N1CCN2CCN(C[C@@]3(O)CCC[C@H](C)[C@@H](C)S(=O)(=O)NC(=O)c4ccc5c(c4)N(C[C@@H]4CC[C@H]43)C[C@@]3(CCCc4cc(Cl)ccc43)CO5)CC2C1.CC(=O)CCN1CCN2CCN(C[C@]3(O)CCC[C@H](C)[C@@H](C)S(=O)(=O)NC(=O)c4ccc5c(c4)N(C[C@@H]4CC[C@H]43)C[C@@]3(CCCc4cc(Cl)ccc43)CO5)C[C@H]2C1. The number of halogens is 2. The van der Waals surface area contributed by atoms with Crippen LogP contribution in [0.3, 0.4) is 0 Å². The molecule has 0 aromatic heterocycles. The van der Waals surface area contributed by atoms with Crippen molar-refractivity contribution in [1.29, 1.82) is 0 Å². The van der Waals surface area contributed by atoms with E-state index in [9.17, 15) is 46.2 Å². The topological polar surface area (TPSA) is 245 Å². The first kappa shape index (κ1) is 82.2. The fourth-order valence-electron chi connectivity index (χ4n) is 21.9. The van der Waals surface area contributed by atoms with E-state index in [1.807, 2.05) is 49.1 Å². The van der Waals surface area contributed by atoms with Gasteiger partial charge in [0.05, 0.1) is 46.3 Å². The average Bonchev–Trinajstić information content (AvgIpc) is 1.69. The van der Waals surface area contributed by atoms with Gasteiger partial charge >= 0.3 is 0 Å². The monoisotopic (exact) mass is 1630 g/mol. The Morgan fingerprint density at radius 2 is 0.991 bits per heavy atom. The van der Waals surface area contributed by atoms with Crippen LogP contribution in [0, 0.1) is 35.5 Å². The van der Waals surface area contributed by atoms with Crippen molar-refractivity contribution in [2.24, 2.45) is 35.5 Å². The molecule has 14 atom stereocenters. The number of piperazine rings is 4. The highest BCUT2D eigenvalue weighted by atomic mass is 35.5. The van der Waals surface area contributed by atoms with Crippen molar-refractivity contribution in [2.75, 3.05) is 147 Å². The number of aryl methyl sites for hydroxylation is 2. The van der Waals surface area contributed by atoms with Crippen LogP contribution in [-0.2, 0) is 53.3 Å². The Balaban J connectivity index is 0.000000178. The minimum atomic E-state index is -3.99. The van der Waals surface area contributed by atoms with Crippen LogP contribution in [0.5, 0.6) is 11.5 Å². The summed E-state index contributed by atoms with van der Waals surface area (Å²) in [4.78, 5) is 70.7. The summed E-state index contributed by atoms with van der Waals surface area (Å²) in [7, 11) is -7.96. The second-order valence-corrected chi connectivity index (χ2v) is 41.3. The van der Waals surface area contributed by atoms with Crippen molar-refractivity contribution in [1.82, 2.24) is 38.8 Å². The van der Waals surface area contributed by atoms with Gasteiger partial charge in [-0.05, 0) is 235 Å². The average molecular weight is 1630 g/mol. The Hall–Kier alpha value is -5.90. The standard InChI is InChI=1S/C44H62ClN5O6S.C43H58ClN5O6S/c1-30-6-4-16-44(53,28-48-19-21-49-20-18-47(17-14-31(2)51)25-37(49)26-48)39-11-8-35(39)24-50-27-43(15-5-7-33-22-36(45)10-12-38(33)43)29-56-41-13-9-34(23-40(41)50)42(52)46-57(54,55)32(30)3;1-4-40(50)48-20-19-47-18-17-46(24-35(47)25-48)27-43(52)16-5-7-29(2)30(3)56(53,54)45-41(51)32-10-14-39-38(22-32)49(23-33-9-12-37(33)43)26-42(28-55-39)15-6-8-31-21-34(44)11-13-36(31)42/h9-10,12-13,22-23,30,32,35,37,39,53H,4-8,11,14-21,24-29H2,1-3H3,(H,46,52);4,10-11,13-14,21-22,29-30,33,35,37,52H,1,5-9,12,15-20,23-28H2,2-3H3,(H,45,51)/t30-,32+,35-,37+,39+,43-,44+;29-,30+,33-,35?,37+,42-,43-/m00/s1. The number of carbonyl (C=O) groups excluding carboxylic acids is 4. The van der Waals surface area contributed by atoms with Crippen molar-refractivity contribution in [3.05, 3.63) is 129 Å². The molecule has 8 heterocycles. The molecular weight excluding hydrogens is 1510 g/mol. The van der Waals surface area contributed by atoms with Crippen LogP contribution >= 0.6 is 23.2 Å². The Labute approximate surface area is 680 Å². The van der Waals surface area contributed by atoms with Gasteiger partial charge in [0.25, 0.3) is 11.8 Å². The molecule has 616 valence electrons. The molecule has 4 aliphatic carbocycles. The smallest absolute Gasteiger partial charge is 0.264 e. The van der Waals surface area contributed by atoms with Crippen LogP contribution in [0.4, 0.5) is 11.4 Å². The molecule has 4 saturated heterocycles. The number of sulfonamides is 2. The molecule has 6 fully saturated rings. The van der Waals surface area contributed by atoms with E-state index in [-0.39, 0.29) is 75.2 Å². The number of aliphatic hydroxyl groups is 2. The molecule has 4 aromatic carbocycles. The van der Waals surface area contributed by atoms with Crippen LogP contribution in [0.25, 0.3) is 0 Å². The van der Waals surface area contributed by atoms with Gasteiger partial charge in [-0.3, -0.25) is 38.8 Å². The third kappa shape index (κ3) is 17.4. The number of hydrogen-bond acceptors (Lipinski definition) is 19. The quantitative estimate of drug-likeness (QED) is 0.120. The second kappa shape index (κ2) is 33.5. The Morgan fingerprint density at radius 1 is 0.549 bits per heavy atom. The molecule has 22 nitrogen and oxygen atoms in total. The van der Waals surface area contributed by atoms with Gasteiger partial charge in [-0.1, -0.05) is 68.6 Å². The van der Waals surface area contributed by atoms with Crippen molar-refractivity contribution in [3.63, 3.8) is 0 Å². The normalized spacial score (nSPS) is 33.8. The number of fused-ring (bicyclic) bond motifs is 10. The third-order valence-corrected chi connectivity index (χ3v) is 33.5. The summed E-state index contributed by atoms with van der Waals surface area (Å²) in [5.41, 5.74) is 4.59. The van der Waals surface area contributed by atoms with E-state index < -0.39 is 53.6 Å². The van der Waals surface area contributed by atoms with Crippen LogP contribution in [-0.4, -0.2) is 251 Å². The molecule has 26 heteroatoms. The lowest BCUT2D eigenvalue weighted by Crippen LogP contribution is -2.65. The zero-order chi connectivity index (χ0) is 79.5. The summed E-state index contributed by atoms with van der Waals surface area (Å²) in [6.07, 6.45) is 15.4. The molecule has 2 saturated carbocycles. The predicted molar refractivity (Wildman–Crippen MR) is 443 cm³/mol. The molecular formula is C87H120Cl2N10O12S2. The molecule has 8 aliphatic heterocycles. The first-order valence-corrected chi connectivity index (χ1v) is 46.1. The van der Waals surface area contributed by atoms with Crippen LogP contribution < -0.4 is 28.7 Å². The number of ether oxygens (including phenoxy) is 2. The molecule has 4 N–H and O–H groups in total. The first-order valence-electron chi connectivity index (χ1n) is 42.2. The number of nitrogens with one attached hydrogen (secondary N) is 2. The fourth-order valence-corrected chi connectivity index (χ4v) is 25.0. The van der Waals surface area contributed by atoms with E-state index in [0.717, 1.165) is 158 Å².